The highest BCUT2D eigenvalue weighted by Crippen LogP contribution is 2.13. The summed E-state index contributed by atoms with van der Waals surface area (Å²) in [5.41, 5.74) is 3.20. The molecule has 1 aromatic heterocycles. The van der Waals surface area contributed by atoms with E-state index in [1.807, 2.05) is 40.8 Å². The van der Waals surface area contributed by atoms with Crippen LogP contribution in [0.2, 0.25) is 5.02 Å². The van der Waals surface area contributed by atoms with E-state index in [9.17, 15) is 4.79 Å². The van der Waals surface area contributed by atoms with Crippen molar-refractivity contribution in [2.24, 2.45) is 4.99 Å². The van der Waals surface area contributed by atoms with Crippen LogP contribution in [0.5, 0.6) is 0 Å². The molecule has 3 rings (SSSR count). The van der Waals surface area contributed by atoms with Gasteiger partial charge >= 0.3 is 0 Å². The van der Waals surface area contributed by atoms with Crippen LogP contribution in [0.1, 0.15) is 30.3 Å². The highest BCUT2D eigenvalue weighted by molar-refractivity contribution is 6.30. The number of amides is 1. The minimum absolute atomic E-state index is 0.147. The van der Waals surface area contributed by atoms with Gasteiger partial charge in [0.05, 0.1) is 12.1 Å². The van der Waals surface area contributed by atoms with Gasteiger partial charge in [-0.05, 0) is 51.0 Å². The summed E-state index contributed by atoms with van der Waals surface area (Å²) >= 11 is 6.04. The van der Waals surface area contributed by atoms with Crippen LogP contribution in [0, 0.1) is 13.8 Å². The zero-order chi connectivity index (χ0) is 22.2. The Morgan fingerprint density at radius 1 is 1.16 bits per heavy atom. The maximum atomic E-state index is 12.7. The number of piperazine rings is 1. The Labute approximate surface area is 190 Å². The highest BCUT2D eigenvalue weighted by atomic mass is 35.5. The van der Waals surface area contributed by atoms with Crippen LogP contribution in [-0.2, 0) is 17.8 Å². The molecular weight excluding hydrogens is 412 g/mol. The standard InChI is InChI=1S/C23H33ClN6O/c1-4-25-23(26-9-6-10-30-19(3)15-18(2)27-30)29-13-11-28(12-14-29)22(31)17-20-7-5-8-21(24)16-20/h5,7-8,15-16H,4,6,9-14,17H2,1-3H3,(H,25,26). The normalized spacial score (nSPS) is 14.8. The third-order valence-electron chi connectivity index (χ3n) is 5.40. The Kier molecular flexibility index (Phi) is 8.35. The van der Waals surface area contributed by atoms with Crippen molar-refractivity contribution in [3.05, 3.63) is 52.3 Å². The van der Waals surface area contributed by atoms with Gasteiger partial charge in [-0.1, -0.05) is 23.7 Å². The van der Waals surface area contributed by atoms with Gasteiger partial charge in [-0.3, -0.25) is 14.5 Å². The molecule has 168 valence electrons. The van der Waals surface area contributed by atoms with E-state index in [0.29, 0.717) is 24.5 Å². The number of nitrogens with one attached hydrogen (secondary N) is 1. The zero-order valence-electron chi connectivity index (χ0n) is 18.8. The summed E-state index contributed by atoms with van der Waals surface area (Å²) in [5, 5.41) is 8.57. The maximum Gasteiger partial charge on any atom is 0.227 e. The van der Waals surface area contributed by atoms with E-state index in [4.69, 9.17) is 16.6 Å². The number of aromatic nitrogens is 2. The second-order valence-electron chi connectivity index (χ2n) is 7.91. The molecule has 0 bridgehead atoms. The molecule has 1 aliphatic heterocycles. The first-order valence-electron chi connectivity index (χ1n) is 11.0. The van der Waals surface area contributed by atoms with Crippen LogP contribution in [-0.4, -0.2) is 70.7 Å². The molecule has 1 aromatic carbocycles. The van der Waals surface area contributed by atoms with Crippen molar-refractivity contribution in [1.82, 2.24) is 24.9 Å². The van der Waals surface area contributed by atoms with Crippen LogP contribution < -0.4 is 5.32 Å². The molecule has 0 saturated carbocycles. The molecule has 0 unspecified atom stereocenters. The Hall–Kier alpha value is -2.54. The van der Waals surface area contributed by atoms with Crippen molar-refractivity contribution in [3.8, 4) is 0 Å². The fraction of sp³-hybridized carbons (Fsp3) is 0.522. The monoisotopic (exact) mass is 444 g/mol. The van der Waals surface area contributed by atoms with Gasteiger partial charge < -0.3 is 15.1 Å². The Morgan fingerprint density at radius 2 is 1.90 bits per heavy atom. The maximum absolute atomic E-state index is 12.7. The summed E-state index contributed by atoms with van der Waals surface area (Å²) in [5.74, 6) is 1.08. The predicted octanol–water partition coefficient (Wildman–Crippen LogP) is 2.90. The number of aliphatic imine (C=N–C) groups is 1. The predicted molar refractivity (Wildman–Crippen MR) is 126 cm³/mol. The molecule has 2 heterocycles. The molecule has 0 atom stereocenters. The summed E-state index contributed by atoms with van der Waals surface area (Å²) in [7, 11) is 0. The van der Waals surface area contributed by atoms with E-state index in [0.717, 1.165) is 56.4 Å². The van der Waals surface area contributed by atoms with E-state index >= 15 is 0 Å². The lowest BCUT2D eigenvalue weighted by Gasteiger charge is -2.36. The Morgan fingerprint density at radius 3 is 2.55 bits per heavy atom. The third-order valence-corrected chi connectivity index (χ3v) is 5.64. The summed E-state index contributed by atoms with van der Waals surface area (Å²) in [6.45, 7) is 11.6. The second kappa shape index (κ2) is 11.2. The zero-order valence-corrected chi connectivity index (χ0v) is 19.5. The van der Waals surface area contributed by atoms with Crippen molar-refractivity contribution < 1.29 is 4.79 Å². The topological polar surface area (TPSA) is 65.8 Å². The van der Waals surface area contributed by atoms with Crippen molar-refractivity contribution in [2.45, 2.75) is 40.2 Å². The molecule has 31 heavy (non-hydrogen) atoms. The minimum atomic E-state index is 0.147. The third kappa shape index (κ3) is 6.72. The van der Waals surface area contributed by atoms with Gasteiger partial charge in [-0.25, -0.2) is 0 Å². The van der Waals surface area contributed by atoms with E-state index in [1.54, 1.807) is 0 Å². The van der Waals surface area contributed by atoms with Crippen LogP contribution >= 0.6 is 11.6 Å². The summed E-state index contributed by atoms with van der Waals surface area (Å²) in [6.07, 6.45) is 1.33. The van der Waals surface area contributed by atoms with E-state index in [2.05, 4.69) is 35.2 Å². The van der Waals surface area contributed by atoms with E-state index < -0.39 is 0 Å². The van der Waals surface area contributed by atoms with Crippen LogP contribution in [0.15, 0.2) is 35.3 Å². The van der Waals surface area contributed by atoms with Crippen molar-refractivity contribution in [2.75, 3.05) is 39.3 Å². The van der Waals surface area contributed by atoms with Gasteiger partial charge in [-0.15, -0.1) is 0 Å². The minimum Gasteiger partial charge on any atom is -0.357 e. The van der Waals surface area contributed by atoms with Gasteiger partial charge in [0.2, 0.25) is 5.91 Å². The number of nitrogens with zero attached hydrogens (tertiary/aromatic N) is 5. The molecular formula is C23H33ClN6O. The van der Waals surface area contributed by atoms with Crippen molar-refractivity contribution in [1.29, 1.82) is 0 Å². The number of hydrogen-bond acceptors (Lipinski definition) is 3. The fourth-order valence-corrected chi connectivity index (χ4v) is 4.05. The molecule has 2 aromatic rings. The molecule has 8 heteroatoms. The quantitative estimate of drug-likeness (QED) is 0.405. The summed E-state index contributed by atoms with van der Waals surface area (Å²) < 4.78 is 2.04. The Bertz CT molecular complexity index is 901. The molecule has 1 aliphatic rings. The SMILES string of the molecule is CCNC(=NCCCn1nc(C)cc1C)N1CCN(C(=O)Cc2cccc(Cl)c2)CC1. The number of carbonyl (C=O) groups is 1. The average molecular weight is 445 g/mol. The van der Waals surface area contributed by atoms with Crippen molar-refractivity contribution >= 4 is 23.5 Å². The number of benzene rings is 1. The number of rotatable bonds is 7. The number of hydrogen-bond donors (Lipinski definition) is 1. The number of aryl methyl sites for hydroxylation is 3. The smallest absolute Gasteiger partial charge is 0.227 e. The molecule has 1 saturated heterocycles. The molecule has 0 radical (unpaired) electrons. The molecule has 1 amide bonds. The average Bonchev–Trinajstić information content (AvgIpc) is 3.07. The summed E-state index contributed by atoms with van der Waals surface area (Å²) in [4.78, 5) is 21.7. The lowest BCUT2D eigenvalue weighted by atomic mass is 10.1. The molecule has 0 spiro atoms. The largest absolute Gasteiger partial charge is 0.357 e. The van der Waals surface area contributed by atoms with Crippen LogP contribution in [0.4, 0.5) is 0 Å². The molecule has 7 nitrogen and oxygen atoms in total. The molecule has 1 N–H and O–H groups in total. The van der Waals surface area contributed by atoms with Crippen molar-refractivity contribution in [3.63, 3.8) is 0 Å². The summed E-state index contributed by atoms with van der Waals surface area (Å²) in [6, 6.07) is 9.62. The number of guanidine groups is 1. The van der Waals surface area contributed by atoms with Gasteiger partial charge in [-0.2, -0.15) is 5.10 Å². The first-order chi connectivity index (χ1) is 15.0. The van der Waals surface area contributed by atoms with E-state index in [-0.39, 0.29) is 5.91 Å². The first kappa shape index (κ1) is 23.1. The lowest BCUT2D eigenvalue weighted by molar-refractivity contribution is -0.131. The van der Waals surface area contributed by atoms with Gasteiger partial charge in [0.15, 0.2) is 5.96 Å². The van der Waals surface area contributed by atoms with Gasteiger partial charge in [0.25, 0.3) is 0 Å². The van der Waals surface area contributed by atoms with Crippen LogP contribution in [0.25, 0.3) is 0 Å². The molecule has 0 aliphatic carbocycles. The molecule has 1 fully saturated rings. The number of carbonyl (C=O) groups excluding carboxylic acids is 1. The second-order valence-corrected chi connectivity index (χ2v) is 8.35. The fourth-order valence-electron chi connectivity index (χ4n) is 3.83. The first-order valence-corrected chi connectivity index (χ1v) is 11.4. The van der Waals surface area contributed by atoms with Crippen LogP contribution in [0.3, 0.4) is 0 Å². The number of halogens is 1. The lowest BCUT2D eigenvalue weighted by Crippen LogP contribution is -2.54. The van der Waals surface area contributed by atoms with Gasteiger partial charge in [0.1, 0.15) is 0 Å². The van der Waals surface area contributed by atoms with E-state index in [1.165, 1.54) is 5.69 Å². The Balaban J connectivity index is 1.48. The highest BCUT2D eigenvalue weighted by Gasteiger charge is 2.23. The van der Waals surface area contributed by atoms with Gasteiger partial charge in [0, 0.05) is 56.5 Å².